The Bertz CT molecular complexity index is 848. The van der Waals surface area contributed by atoms with E-state index in [2.05, 4.69) is 28.3 Å². The van der Waals surface area contributed by atoms with Gasteiger partial charge < -0.3 is 14.2 Å². The molecule has 6 heteroatoms. The fourth-order valence-corrected chi connectivity index (χ4v) is 3.07. The number of nitrogens with zero attached hydrogens (tertiary/aromatic N) is 3. The van der Waals surface area contributed by atoms with Gasteiger partial charge in [-0.3, -0.25) is 4.79 Å². The second-order valence-corrected chi connectivity index (χ2v) is 5.83. The highest BCUT2D eigenvalue weighted by Gasteiger charge is 2.31. The Kier molecular flexibility index (Phi) is 3.96. The molecular formula is C18H17N3O3. The number of carbonyl (C=O) groups is 1. The molecule has 1 aromatic heterocycles. The Morgan fingerprint density at radius 2 is 2.08 bits per heavy atom. The first-order valence-electron chi connectivity index (χ1n) is 7.92. The van der Waals surface area contributed by atoms with Crippen molar-refractivity contribution in [1.82, 2.24) is 15.0 Å². The Hall–Kier alpha value is -2.73. The Labute approximate surface area is 139 Å². The molecule has 2 aromatic carbocycles. The number of hydrogen-bond acceptors (Lipinski definition) is 5. The second kappa shape index (κ2) is 6.41. The van der Waals surface area contributed by atoms with Crippen molar-refractivity contribution in [2.75, 3.05) is 19.8 Å². The summed E-state index contributed by atoms with van der Waals surface area (Å²) in [6.07, 6.45) is 1.62. The molecule has 0 bridgehead atoms. The number of carbonyl (C=O) groups excluding carboxylic acids is 1. The van der Waals surface area contributed by atoms with Gasteiger partial charge in [-0.05, 0) is 16.3 Å². The summed E-state index contributed by atoms with van der Waals surface area (Å²) in [4.78, 5) is 18.6. The van der Waals surface area contributed by atoms with Crippen LogP contribution in [0.5, 0.6) is 0 Å². The molecule has 122 valence electrons. The van der Waals surface area contributed by atoms with Crippen LogP contribution < -0.4 is 0 Å². The minimum Gasteiger partial charge on any atom is -0.377 e. The van der Waals surface area contributed by atoms with Gasteiger partial charge >= 0.3 is 0 Å². The molecule has 1 aliphatic rings. The molecule has 0 aliphatic carbocycles. The minimum absolute atomic E-state index is 0.0448. The topological polar surface area (TPSA) is 68.5 Å². The van der Waals surface area contributed by atoms with Crippen molar-refractivity contribution in [1.29, 1.82) is 0 Å². The van der Waals surface area contributed by atoms with Crippen LogP contribution >= 0.6 is 0 Å². The molecular weight excluding hydrogens is 306 g/mol. The molecule has 1 aliphatic heterocycles. The number of morpholine rings is 1. The van der Waals surface area contributed by atoms with Crippen molar-refractivity contribution in [3.05, 3.63) is 60.2 Å². The number of amides is 1. The summed E-state index contributed by atoms with van der Waals surface area (Å²) < 4.78 is 10.3. The molecule has 0 unspecified atom stereocenters. The van der Waals surface area contributed by atoms with Crippen LogP contribution in [0.4, 0.5) is 0 Å². The predicted octanol–water partition coefficient (Wildman–Crippen LogP) is 2.37. The molecule has 0 radical (unpaired) electrons. The molecule has 1 fully saturated rings. The lowest BCUT2D eigenvalue weighted by molar-refractivity contribution is -0.139. The SMILES string of the molecule is O=C(Cc1ccc2ccccc2c1)N1CCOC[C@H]1c1ncon1. The first kappa shape index (κ1) is 14.8. The summed E-state index contributed by atoms with van der Waals surface area (Å²) in [5.41, 5.74) is 0.997. The molecule has 2 heterocycles. The van der Waals surface area contributed by atoms with E-state index in [1.807, 2.05) is 24.3 Å². The lowest BCUT2D eigenvalue weighted by Gasteiger charge is -2.33. The van der Waals surface area contributed by atoms with Gasteiger partial charge in [0.1, 0.15) is 6.04 Å². The Morgan fingerprint density at radius 1 is 1.21 bits per heavy atom. The third-order valence-electron chi connectivity index (χ3n) is 4.29. The number of fused-ring (bicyclic) bond motifs is 1. The normalized spacial score (nSPS) is 18.0. The molecule has 1 amide bonds. The van der Waals surface area contributed by atoms with E-state index >= 15 is 0 Å². The van der Waals surface area contributed by atoms with Gasteiger partial charge in [-0.25, -0.2) is 0 Å². The summed E-state index contributed by atoms with van der Waals surface area (Å²) in [6.45, 7) is 1.45. The number of hydrogen-bond donors (Lipinski definition) is 0. The minimum atomic E-state index is -0.287. The quantitative estimate of drug-likeness (QED) is 0.740. The number of benzene rings is 2. The van der Waals surface area contributed by atoms with Crippen molar-refractivity contribution in [2.45, 2.75) is 12.5 Å². The molecule has 0 spiro atoms. The second-order valence-electron chi connectivity index (χ2n) is 5.83. The van der Waals surface area contributed by atoms with Crippen molar-refractivity contribution < 1.29 is 14.1 Å². The number of ether oxygens (including phenoxy) is 1. The highest BCUT2D eigenvalue weighted by atomic mass is 16.5. The van der Waals surface area contributed by atoms with Crippen LogP contribution in [0.3, 0.4) is 0 Å². The number of rotatable bonds is 3. The fraction of sp³-hybridized carbons (Fsp3) is 0.278. The fourth-order valence-electron chi connectivity index (χ4n) is 3.07. The predicted molar refractivity (Wildman–Crippen MR) is 87.2 cm³/mol. The molecule has 1 atom stereocenters. The van der Waals surface area contributed by atoms with Gasteiger partial charge in [0.25, 0.3) is 0 Å². The highest BCUT2D eigenvalue weighted by Crippen LogP contribution is 2.23. The van der Waals surface area contributed by atoms with Crippen LogP contribution in [-0.2, 0) is 16.0 Å². The van der Waals surface area contributed by atoms with Gasteiger partial charge in [0.2, 0.25) is 12.3 Å². The molecule has 1 saturated heterocycles. The summed E-state index contributed by atoms with van der Waals surface area (Å²) >= 11 is 0. The summed E-state index contributed by atoms with van der Waals surface area (Å²) in [5.74, 6) is 0.532. The first-order valence-corrected chi connectivity index (χ1v) is 7.92. The van der Waals surface area contributed by atoms with E-state index in [1.54, 1.807) is 4.90 Å². The van der Waals surface area contributed by atoms with Crippen molar-refractivity contribution in [3.63, 3.8) is 0 Å². The van der Waals surface area contributed by atoms with Gasteiger partial charge in [-0.15, -0.1) is 0 Å². The Morgan fingerprint density at radius 3 is 2.92 bits per heavy atom. The maximum absolute atomic E-state index is 12.8. The van der Waals surface area contributed by atoms with Gasteiger partial charge in [-0.2, -0.15) is 4.98 Å². The smallest absolute Gasteiger partial charge is 0.227 e. The number of aromatic nitrogens is 2. The maximum atomic E-state index is 12.8. The third kappa shape index (κ3) is 2.88. The molecule has 3 aromatic rings. The van der Waals surface area contributed by atoms with Crippen LogP contribution in [0.15, 0.2) is 53.4 Å². The van der Waals surface area contributed by atoms with Crippen molar-refractivity contribution in [3.8, 4) is 0 Å². The summed E-state index contributed by atoms with van der Waals surface area (Å²) in [7, 11) is 0. The zero-order chi connectivity index (χ0) is 16.4. The maximum Gasteiger partial charge on any atom is 0.227 e. The lowest BCUT2D eigenvalue weighted by Crippen LogP contribution is -2.44. The van der Waals surface area contributed by atoms with Crippen LogP contribution in [-0.4, -0.2) is 40.7 Å². The van der Waals surface area contributed by atoms with Crippen LogP contribution in [0.25, 0.3) is 10.8 Å². The lowest BCUT2D eigenvalue weighted by atomic mass is 10.0. The van der Waals surface area contributed by atoms with E-state index in [9.17, 15) is 4.79 Å². The molecule has 4 rings (SSSR count). The zero-order valence-corrected chi connectivity index (χ0v) is 13.1. The van der Waals surface area contributed by atoms with Gasteiger partial charge in [0.05, 0.1) is 19.6 Å². The molecule has 0 N–H and O–H groups in total. The highest BCUT2D eigenvalue weighted by molar-refractivity contribution is 5.85. The third-order valence-corrected chi connectivity index (χ3v) is 4.29. The summed E-state index contributed by atoms with van der Waals surface area (Å²) in [6, 6.07) is 14.0. The van der Waals surface area contributed by atoms with Crippen LogP contribution in [0, 0.1) is 0 Å². The van der Waals surface area contributed by atoms with E-state index in [0.717, 1.165) is 10.9 Å². The van der Waals surface area contributed by atoms with E-state index < -0.39 is 0 Å². The molecule has 6 nitrogen and oxygen atoms in total. The van der Waals surface area contributed by atoms with E-state index in [4.69, 9.17) is 9.26 Å². The van der Waals surface area contributed by atoms with Gasteiger partial charge in [-0.1, -0.05) is 47.6 Å². The first-order chi connectivity index (χ1) is 11.8. The summed E-state index contributed by atoms with van der Waals surface area (Å²) in [5, 5.41) is 6.17. The van der Waals surface area contributed by atoms with Crippen molar-refractivity contribution >= 4 is 16.7 Å². The van der Waals surface area contributed by atoms with Crippen LogP contribution in [0.1, 0.15) is 17.4 Å². The van der Waals surface area contributed by atoms with E-state index in [1.165, 1.54) is 11.8 Å². The molecule has 0 saturated carbocycles. The Balaban J connectivity index is 1.55. The van der Waals surface area contributed by atoms with Crippen LogP contribution in [0.2, 0.25) is 0 Å². The monoisotopic (exact) mass is 323 g/mol. The standard InChI is InChI=1S/C18H17N3O3/c22-17(10-13-5-6-14-3-1-2-4-15(14)9-13)21-7-8-23-11-16(21)18-19-12-24-20-18/h1-6,9,12,16H,7-8,10-11H2/t16-/m0/s1. The zero-order valence-electron chi connectivity index (χ0n) is 13.1. The van der Waals surface area contributed by atoms with Gasteiger partial charge in [0.15, 0.2) is 5.82 Å². The molecule has 24 heavy (non-hydrogen) atoms. The average Bonchev–Trinajstić information content (AvgIpc) is 3.16. The van der Waals surface area contributed by atoms with Gasteiger partial charge in [0, 0.05) is 6.54 Å². The largest absolute Gasteiger partial charge is 0.377 e. The van der Waals surface area contributed by atoms with E-state index in [-0.39, 0.29) is 11.9 Å². The van der Waals surface area contributed by atoms with Crippen molar-refractivity contribution in [2.24, 2.45) is 0 Å². The average molecular weight is 323 g/mol. The van der Waals surface area contributed by atoms with E-state index in [0.29, 0.717) is 32.0 Å².